The van der Waals surface area contributed by atoms with Crippen molar-refractivity contribution in [3.63, 3.8) is 0 Å². The molecule has 0 aliphatic carbocycles. The van der Waals surface area contributed by atoms with Crippen molar-refractivity contribution in [3.05, 3.63) is 58.9 Å². The van der Waals surface area contributed by atoms with Gasteiger partial charge in [-0.3, -0.25) is 4.79 Å². The van der Waals surface area contributed by atoms with Crippen LogP contribution in [-0.2, 0) is 10.9 Å². The van der Waals surface area contributed by atoms with Crippen molar-refractivity contribution in [2.45, 2.75) is 13.1 Å². The van der Waals surface area contributed by atoms with Crippen molar-refractivity contribution in [1.82, 2.24) is 0 Å². The number of halogens is 4. The SMILES string of the molecule is COC(=O)c1cc(C(F)(F)F)ccc1Nc1ccc(F)cc1C(C)=O. The number of benzene rings is 2. The van der Waals surface area contributed by atoms with Crippen molar-refractivity contribution in [3.8, 4) is 0 Å². The molecule has 0 aliphatic heterocycles. The Kier molecular flexibility index (Phi) is 5.10. The molecule has 0 radical (unpaired) electrons. The van der Waals surface area contributed by atoms with Crippen LogP contribution in [0.4, 0.5) is 28.9 Å². The molecule has 0 spiro atoms. The summed E-state index contributed by atoms with van der Waals surface area (Å²) >= 11 is 0. The van der Waals surface area contributed by atoms with Gasteiger partial charge in [0.05, 0.1) is 23.9 Å². The summed E-state index contributed by atoms with van der Waals surface area (Å²) in [5, 5.41) is 2.69. The van der Waals surface area contributed by atoms with Crippen LogP contribution >= 0.6 is 0 Å². The van der Waals surface area contributed by atoms with Crippen molar-refractivity contribution in [2.24, 2.45) is 0 Å². The van der Waals surface area contributed by atoms with Crippen LogP contribution in [0.25, 0.3) is 0 Å². The van der Waals surface area contributed by atoms with Crippen LogP contribution in [0.3, 0.4) is 0 Å². The number of hydrogen-bond donors (Lipinski definition) is 1. The number of nitrogens with one attached hydrogen (secondary N) is 1. The number of alkyl halides is 3. The van der Waals surface area contributed by atoms with Crippen LogP contribution in [0, 0.1) is 5.82 Å². The number of carbonyl (C=O) groups is 2. The van der Waals surface area contributed by atoms with Crippen LogP contribution < -0.4 is 5.32 Å². The smallest absolute Gasteiger partial charge is 0.416 e. The van der Waals surface area contributed by atoms with Gasteiger partial charge in [-0.2, -0.15) is 13.2 Å². The Hall–Kier alpha value is -2.90. The third-order valence-electron chi connectivity index (χ3n) is 3.38. The Morgan fingerprint density at radius 3 is 2.16 bits per heavy atom. The van der Waals surface area contributed by atoms with E-state index in [1.165, 1.54) is 13.0 Å². The zero-order chi connectivity index (χ0) is 18.8. The van der Waals surface area contributed by atoms with Gasteiger partial charge in [0, 0.05) is 11.3 Å². The molecule has 132 valence electrons. The molecule has 0 saturated heterocycles. The molecule has 0 atom stereocenters. The molecule has 0 unspecified atom stereocenters. The summed E-state index contributed by atoms with van der Waals surface area (Å²) in [5.41, 5.74) is -1.25. The molecule has 4 nitrogen and oxygen atoms in total. The van der Waals surface area contributed by atoms with E-state index >= 15 is 0 Å². The number of ketones is 1. The summed E-state index contributed by atoms with van der Waals surface area (Å²) in [4.78, 5) is 23.4. The lowest BCUT2D eigenvalue weighted by Gasteiger charge is -2.15. The van der Waals surface area contributed by atoms with Crippen LogP contribution in [0.2, 0.25) is 0 Å². The summed E-state index contributed by atoms with van der Waals surface area (Å²) in [7, 11) is 1.03. The highest BCUT2D eigenvalue weighted by Gasteiger charge is 2.32. The summed E-state index contributed by atoms with van der Waals surface area (Å²) in [6, 6.07) is 5.80. The van der Waals surface area contributed by atoms with E-state index in [0.29, 0.717) is 6.07 Å². The second kappa shape index (κ2) is 6.92. The molecule has 2 aromatic rings. The van der Waals surface area contributed by atoms with E-state index < -0.39 is 29.3 Å². The molecule has 0 heterocycles. The molecule has 8 heteroatoms. The van der Waals surface area contributed by atoms with Crippen LogP contribution in [0.5, 0.6) is 0 Å². The quantitative estimate of drug-likeness (QED) is 0.496. The zero-order valence-electron chi connectivity index (χ0n) is 13.2. The Morgan fingerprint density at radius 2 is 1.60 bits per heavy atom. The average Bonchev–Trinajstić information content (AvgIpc) is 2.54. The van der Waals surface area contributed by atoms with Gasteiger partial charge in [0.2, 0.25) is 0 Å². The molecule has 0 bridgehead atoms. The predicted molar refractivity (Wildman–Crippen MR) is 82.5 cm³/mol. The first kappa shape index (κ1) is 18.4. The highest BCUT2D eigenvalue weighted by atomic mass is 19.4. The maximum Gasteiger partial charge on any atom is 0.416 e. The summed E-state index contributed by atoms with van der Waals surface area (Å²) in [6.45, 7) is 1.22. The molecule has 25 heavy (non-hydrogen) atoms. The van der Waals surface area contributed by atoms with Gasteiger partial charge < -0.3 is 10.1 Å². The Balaban J connectivity index is 2.53. The Labute approximate surface area is 140 Å². The highest BCUT2D eigenvalue weighted by Crippen LogP contribution is 2.33. The first-order valence-electron chi connectivity index (χ1n) is 7.00. The molecule has 0 aliphatic rings. The lowest BCUT2D eigenvalue weighted by Crippen LogP contribution is -2.11. The number of rotatable bonds is 4. The van der Waals surface area contributed by atoms with Crippen LogP contribution in [0.15, 0.2) is 36.4 Å². The first-order valence-corrected chi connectivity index (χ1v) is 7.00. The fraction of sp³-hybridized carbons (Fsp3) is 0.176. The van der Waals surface area contributed by atoms with Crippen molar-refractivity contribution in [2.75, 3.05) is 12.4 Å². The number of Topliss-reactive ketones (excluding diaryl/α,β-unsaturated/α-hetero) is 1. The van der Waals surface area contributed by atoms with Crippen LogP contribution in [0.1, 0.15) is 33.2 Å². The number of carbonyl (C=O) groups excluding carboxylic acids is 2. The number of anilines is 2. The molecule has 2 rings (SSSR count). The molecule has 2 aromatic carbocycles. The average molecular weight is 355 g/mol. The topological polar surface area (TPSA) is 55.4 Å². The number of ether oxygens (including phenoxy) is 1. The van der Waals surface area contributed by atoms with Crippen molar-refractivity contribution < 1.29 is 31.9 Å². The van der Waals surface area contributed by atoms with Gasteiger partial charge in [-0.25, -0.2) is 9.18 Å². The Bertz CT molecular complexity index is 831. The molecule has 0 amide bonds. The minimum atomic E-state index is -4.64. The van der Waals surface area contributed by atoms with Gasteiger partial charge in [-0.1, -0.05) is 0 Å². The summed E-state index contributed by atoms with van der Waals surface area (Å²) < 4.78 is 56.4. The minimum absolute atomic E-state index is 0.00397. The lowest BCUT2D eigenvalue weighted by atomic mass is 10.1. The largest absolute Gasteiger partial charge is 0.465 e. The number of esters is 1. The van der Waals surface area contributed by atoms with E-state index in [1.54, 1.807) is 0 Å². The maximum atomic E-state index is 13.3. The van der Waals surface area contributed by atoms with Gasteiger partial charge in [0.15, 0.2) is 5.78 Å². The molecule has 0 aromatic heterocycles. The summed E-state index contributed by atoms with van der Waals surface area (Å²) in [5.74, 6) is -2.08. The van der Waals surface area contributed by atoms with E-state index in [9.17, 15) is 27.2 Å². The lowest BCUT2D eigenvalue weighted by molar-refractivity contribution is -0.137. The molecular weight excluding hydrogens is 342 g/mol. The second-order valence-electron chi connectivity index (χ2n) is 5.12. The standard InChI is InChI=1S/C17H13F4NO3/c1-9(23)12-8-11(18)4-6-14(12)22-15-5-3-10(17(19,20)21)7-13(15)16(24)25-2/h3-8,22H,1-2H3. The van der Waals surface area contributed by atoms with E-state index in [-0.39, 0.29) is 22.5 Å². The van der Waals surface area contributed by atoms with Crippen molar-refractivity contribution >= 4 is 23.1 Å². The molecule has 0 saturated carbocycles. The predicted octanol–water partition coefficient (Wildman–Crippen LogP) is 4.58. The molecular formula is C17H13F4NO3. The monoisotopic (exact) mass is 355 g/mol. The number of methoxy groups -OCH3 is 1. The Morgan fingerprint density at radius 1 is 1.00 bits per heavy atom. The third kappa shape index (κ3) is 4.14. The summed E-state index contributed by atoms with van der Waals surface area (Å²) in [6.07, 6.45) is -4.64. The van der Waals surface area contributed by atoms with Crippen LogP contribution in [-0.4, -0.2) is 18.9 Å². The molecule has 1 N–H and O–H groups in total. The molecule has 0 fully saturated rings. The van der Waals surface area contributed by atoms with Gasteiger partial charge in [0.1, 0.15) is 5.82 Å². The van der Waals surface area contributed by atoms with Gasteiger partial charge >= 0.3 is 12.1 Å². The van der Waals surface area contributed by atoms with E-state index in [2.05, 4.69) is 10.1 Å². The highest BCUT2D eigenvalue weighted by molar-refractivity contribution is 6.02. The van der Waals surface area contributed by atoms with Crippen molar-refractivity contribution in [1.29, 1.82) is 0 Å². The number of hydrogen-bond acceptors (Lipinski definition) is 4. The first-order chi connectivity index (χ1) is 11.6. The third-order valence-corrected chi connectivity index (χ3v) is 3.38. The zero-order valence-corrected chi connectivity index (χ0v) is 13.2. The van der Waals surface area contributed by atoms with E-state index in [4.69, 9.17) is 0 Å². The fourth-order valence-electron chi connectivity index (χ4n) is 2.17. The minimum Gasteiger partial charge on any atom is -0.465 e. The van der Waals surface area contributed by atoms with E-state index in [1.807, 2.05) is 0 Å². The normalized spacial score (nSPS) is 11.1. The second-order valence-corrected chi connectivity index (χ2v) is 5.12. The van der Waals surface area contributed by atoms with Gasteiger partial charge in [-0.15, -0.1) is 0 Å². The van der Waals surface area contributed by atoms with Gasteiger partial charge in [0.25, 0.3) is 0 Å². The van der Waals surface area contributed by atoms with E-state index in [0.717, 1.165) is 31.4 Å². The maximum absolute atomic E-state index is 13.3. The van der Waals surface area contributed by atoms with Gasteiger partial charge in [-0.05, 0) is 43.3 Å². The fourth-order valence-corrected chi connectivity index (χ4v) is 2.17.